The molecule has 0 aliphatic heterocycles. The predicted octanol–water partition coefficient (Wildman–Crippen LogP) is 3.34. The number of ether oxygens (including phenoxy) is 1. The summed E-state index contributed by atoms with van der Waals surface area (Å²) in [5.41, 5.74) is 1.71. The molecule has 7 heteroatoms. The van der Waals surface area contributed by atoms with Crippen molar-refractivity contribution in [3.05, 3.63) is 59.7 Å². The summed E-state index contributed by atoms with van der Waals surface area (Å²) < 4.78 is 31.2. The summed E-state index contributed by atoms with van der Waals surface area (Å²) in [4.78, 5) is 12.5. The van der Waals surface area contributed by atoms with Gasteiger partial charge in [-0.15, -0.1) is 0 Å². The Morgan fingerprint density at radius 1 is 1.12 bits per heavy atom. The second-order valence-electron chi connectivity index (χ2n) is 5.78. The van der Waals surface area contributed by atoms with Crippen LogP contribution in [0.5, 0.6) is 5.75 Å². The molecule has 0 heterocycles. The van der Waals surface area contributed by atoms with Gasteiger partial charge in [0.1, 0.15) is 5.75 Å². The molecule has 26 heavy (non-hydrogen) atoms. The minimum atomic E-state index is -3.38. The van der Waals surface area contributed by atoms with Crippen LogP contribution < -0.4 is 14.8 Å². The van der Waals surface area contributed by atoms with E-state index in [0.29, 0.717) is 17.9 Å². The highest BCUT2D eigenvalue weighted by molar-refractivity contribution is 7.92. The summed E-state index contributed by atoms with van der Waals surface area (Å²) in [6.07, 6.45) is 0. The Labute approximate surface area is 154 Å². The van der Waals surface area contributed by atoms with Gasteiger partial charge in [-0.2, -0.15) is 0 Å². The number of sulfonamides is 1. The van der Waals surface area contributed by atoms with Gasteiger partial charge < -0.3 is 10.1 Å². The van der Waals surface area contributed by atoms with E-state index in [4.69, 9.17) is 4.74 Å². The first-order valence-electron chi connectivity index (χ1n) is 8.48. The van der Waals surface area contributed by atoms with Gasteiger partial charge in [0.15, 0.2) is 0 Å². The van der Waals surface area contributed by atoms with Crippen LogP contribution in [0.4, 0.5) is 5.69 Å². The van der Waals surface area contributed by atoms with E-state index in [1.807, 2.05) is 38.1 Å². The lowest BCUT2D eigenvalue weighted by Gasteiger charge is -2.15. The number of nitrogens with one attached hydrogen (secondary N) is 2. The topological polar surface area (TPSA) is 84.5 Å². The summed E-state index contributed by atoms with van der Waals surface area (Å²) in [7, 11) is -3.38. The van der Waals surface area contributed by atoms with Crippen LogP contribution >= 0.6 is 0 Å². The third-order valence-electron chi connectivity index (χ3n) is 3.82. The Balaban J connectivity index is 2.07. The fourth-order valence-electron chi connectivity index (χ4n) is 2.36. The van der Waals surface area contributed by atoms with Crippen LogP contribution in [0.3, 0.4) is 0 Å². The molecule has 1 amide bonds. The van der Waals surface area contributed by atoms with Gasteiger partial charge in [-0.05, 0) is 56.7 Å². The van der Waals surface area contributed by atoms with Crippen LogP contribution in [0.2, 0.25) is 0 Å². The van der Waals surface area contributed by atoms with E-state index in [2.05, 4.69) is 10.0 Å². The molecule has 0 saturated carbocycles. The number of amides is 1. The van der Waals surface area contributed by atoms with E-state index in [9.17, 15) is 13.2 Å². The maximum atomic E-state index is 12.5. The van der Waals surface area contributed by atoms with E-state index >= 15 is 0 Å². The molecule has 0 bridgehead atoms. The number of hydrogen-bond acceptors (Lipinski definition) is 4. The molecule has 0 aliphatic rings. The summed E-state index contributed by atoms with van der Waals surface area (Å²) >= 11 is 0. The highest BCUT2D eigenvalue weighted by atomic mass is 32.2. The van der Waals surface area contributed by atoms with Gasteiger partial charge in [0, 0.05) is 11.3 Å². The van der Waals surface area contributed by atoms with Gasteiger partial charge in [0.2, 0.25) is 10.0 Å². The Bertz CT molecular complexity index is 848. The van der Waals surface area contributed by atoms with Gasteiger partial charge in [0.25, 0.3) is 5.91 Å². The fraction of sp³-hybridized carbons (Fsp3) is 0.316. The van der Waals surface area contributed by atoms with Crippen molar-refractivity contribution < 1.29 is 17.9 Å². The van der Waals surface area contributed by atoms with Crippen LogP contribution in [0.1, 0.15) is 42.7 Å². The molecule has 1 atom stereocenters. The van der Waals surface area contributed by atoms with E-state index in [0.717, 1.165) is 11.3 Å². The largest absolute Gasteiger partial charge is 0.494 e. The van der Waals surface area contributed by atoms with E-state index in [-0.39, 0.29) is 17.7 Å². The standard InChI is InChI=1S/C19H24N2O4S/c1-4-25-18-11-9-15(10-12-18)14(3)20-19(22)16-7-6-8-17(13-16)21-26(23,24)5-2/h6-14,21H,4-5H2,1-3H3,(H,20,22). The zero-order valence-corrected chi connectivity index (χ0v) is 16.0. The molecule has 2 aromatic rings. The van der Waals surface area contributed by atoms with Gasteiger partial charge in [0.05, 0.1) is 18.4 Å². The van der Waals surface area contributed by atoms with Gasteiger partial charge in [-0.1, -0.05) is 18.2 Å². The molecule has 2 rings (SSSR count). The summed E-state index contributed by atoms with van der Waals surface area (Å²) in [6.45, 7) is 5.96. The quantitative estimate of drug-likeness (QED) is 0.740. The molecule has 0 saturated heterocycles. The number of benzene rings is 2. The number of carbonyl (C=O) groups excluding carboxylic acids is 1. The van der Waals surface area contributed by atoms with Gasteiger partial charge >= 0.3 is 0 Å². The third-order valence-corrected chi connectivity index (χ3v) is 5.12. The summed E-state index contributed by atoms with van der Waals surface area (Å²) in [5, 5.41) is 2.91. The van der Waals surface area contributed by atoms with Gasteiger partial charge in [-0.25, -0.2) is 8.42 Å². The predicted molar refractivity (Wildman–Crippen MR) is 103 cm³/mol. The average Bonchev–Trinajstić information content (AvgIpc) is 2.62. The molecule has 0 radical (unpaired) electrons. The summed E-state index contributed by atoms with van der Waals surface area (Å²) in [6, 6.07) is 13.8. The average molecular weight is 376 g/mol. The van der Waals surface area contributed by atoms with Crippen molar-refractivity contribution in [2.45, 2.75) is 26.8 Å². The maximum absolute atomic E-state index is 12.5. The van der Waals surface area contributed by atoms with Crippen molar-refractivity contribution in [3.63, 3.8) is 0 Å². The van der Waals surface area contributed by atoms with Crippen LogP contribution in [0.25, 0.3) is 0 Å². The summed E-state index contributed by atoms with van der Waals surface area (Å²) in [5.74, 6) is 0.479. The molecule has 1 unspecified atom stereocenters. The van der Waals surface area contributed by atoms with E-state index in [1.54, 1.807) is 25.1 Å². The second-order valence-corrected chi connectivity index (χ2v) is 7.79. The molecular formula is C19H24N2O4S. The molecule has 140 valence electrons. The van der Waals surface area contributed by atoms with E-state index < -0.39 is 10.0 Å². The Kier molecular flexibility index (Phi) is 6.63. The van der Waals surface area contributed by atoms with Gasteiger partial charge in [-0.3, -0.25) is 9.52 Å². The first-order chi connectivity index (χ1) is 12.3. The highest BCUT2D eigenvalue weighted by Crippen LogP contribution is 2.19. The molecule has 0 fully saturated rings. The molecule has 0 spiro atoms. The van der Waals surface area contributed by atoms with Crippen molar-refractivity contribution in [2.75, 3.05) is 17.1 Å². The SMILES string of the molecule is CCOc1ccc(C(C)NC(=O)c2cccc(NS(=O)(=O)CC)c2)cc1. The third kappa shape index (κ3) is 5.49. The van der Waals surface area contributed by atoms with Crippen LogP contribution in [-0.2, 0) is 10.0 Å². The monoisotopic (exact) mass is 376 g/mol. The number of rotatable bonds is 8. The van der Waals surface area contributed by atoms with Crippen molar-refractivity contribution in [3.8, 4) is 5.75 Å². The minimum Gasteiger partial charge on any atom is -0.494 e. The highest BCUT2D eigenvalue weighted by Gasteiger charge is 2.13. The minimum absolute atomic E-state index is 0.0296. The number of hydrogen-bond donors (Lipinski definition) is 2. The first-order valence-corrected chi connectivity index (χ1v) is 10.1. The lowest BCUT2D eigenvalue weighted by Crippen LogP contribution is -2.26. The lowest BCUT2D eigenvalue weighted by atomic mass is 10.1. The van der Waals surface area contributed by atoms with Crippen LogP contribution in [-0.4, -0.2) is 26.7 Å². The Hall–Kier alpha value is -2.54. The molecule has 2 aromatic carbocycles. The molecule has 6 nitrogen and oxygen atoms in total. The molecule has 2 N–H and O–H groups in total. The van der Waals surface area contributed by atoms with Crippen LogP contribution in [0.15, 0.2) is 48.5 Å². The smallest absolute Gasteiger partial charge is 0.251 e. The molecule has 0 aliphatic carbocycles. The zero-order valence-electron chi connectivity index (χ0n) is 15.2. The first kappa shape index (κ1) is 19.8. The van der Waals surface area contributed by atoms with E-state index in [1.165, 1.54) is 6.07 Å². The number of carbonyl (C=O) groups is 1. The van der Waals surface area contributed by atoms with Crippen LogP contribution in [0, 0.1) is 0 Å². The lowest BCUT2D eigenvalue weighted by molar-refractivity contribution is 0.0940. The molecule has 0 aromatic heterocycles. The Morgan fingerprint density at radius 3 is 2.42 bits per heavy atom. The fourth-order valence-corrected chi connectivity index (χ4v) is 2.99. The second kappa shape index (κ2) is 8.71. The maximum Gasteiger partial charge on any atom is 0.251 e. The van der Waals surface area contributed by atoms with Crippen molar-refractivity contribution in [1.82, 2.24) is 5.32 Å². The zero-order chi connectivity index (χ0) is 19.2. The Morgan fingerprint density at radius 2 is 1.81 bits per heavy atom. The molecular weight excluding hydrogens is 352 g/mol. The van der Waals surface area contributed by atoms with Crippen molar-refractivity contribution >= 4 is 21.6 Å². The normalized spacial score (nSPS) is 12.3. The number of anilines is 1. The van der Waals surface area contributed by atoms with Crippen molar-refractivity contribution in [1.29, 1.82) is 0 Å². The van der Waals surface area contributed by atoms with Crippen molar-refractivity contribution in [2.24, 2.45) is 0 Å².